The smallest absolute Gasteiger partial charge is 0.263 e. The topological polar surface area (TPSA) is 34.9 Å². The number of thiophene rings is 1. The summed E-state index contributed by atoms with van der Waals surface area (Å²) in [6, 6.07) is 22.5. The van der Waals surface area contributed by atoms with E-state index >= 15 is 0 Å². The predicted octanol–water partition coefficient (Wildman–Crippen LogP) is 6.09. The van der Waals surface area contributed by atoms with Gasteiger partial charge in [-0.2, -0.15) is 0 Å². The zero-order valence-corrected chi connectivity index (χ0v) is 17.2. The molecule has 0 saturated carbocycles. The molecule has 2 heterocycles. The highest BCUT2D eigenvalue weighted by atomic mass is 79.9. The van der Waals surface area contributed by atoms with Crippen molar-refractivity contribution in [3.8, 4) is 11.1 Å². The predicted molar refractivity (Wildman–Crippen MR) is 120 cm³/mol. The fourth-order valence-corrected chi connectivity index (χ4v) is 4.71. The fraction of sp³-hybridized carbons (Fsp3) is 0.0435. The Morgan fingerprint density at radius 1 is 0.964 bits per heavy atom. The highest BCUT2D eigenvalue weighted by molar-refractivity contribution is 9.10. The van der Waals surface area contributed by atoms with E-state index in [2.05, 4.69) is 45.2 Å². The van der Waals surface area contributed by atoms with Gasteiger partial charge in [-0.15, -0.1) is 11.3 Å². The number of hydrogen-bond acceptors (Lipinski definition) is 3. The summed E-state index contributed by atoms with van der Waals surface area (Å²) < 4.78 is 2.72. The normalized spacial score (nSPS) is 11.3. The zero-order chi connectivity index (χ0) is 19.1. The number of nitrogens with zero attached hydrogens (tertiary/aromatic N) is 2. The van der Waals surface area contributed by atoms with E-state index in [1.807, 2.05) is 47.8 Å². The lowest BCUT2D eigenvalue weighted by molar-refractivity contribution is 0.754. The minimum absolute atomic E-state index is 0.00268. The first kappa shape index (κ1) is 17.3. The molecule has 0 bridgehead atoms. The molecule has 2 aromatic heterocycles. The second kappa shape index (κ2) is 7.00. The van der Waals surface area contributed by atoms with E-state index in [0.717, 1.165) is 31.4 Å². The van der Waals surface area contributed by atoms with E-state index in [4.69, 9.17) is 0 Å². The van der Waals surface area contributed by atoms with Crippen LogP contribution in [-0.2, 0) is 6.54 Å². The molecule has 28 heavy (non-hydrogen) atoms. The number of benzene rings is 3. The molecule has 5 rings (SSSR count). The molecule has 0 spiro atoms. The van der Waals surface area contributed by atoms with Crippen LogP contribution in [0.4, 0.5) is 0 Å². The quantitative estimate of drug-likeness (QED) is 0.336. The van der Waals surface area contributed by atoms with E-state index in [9.17, 15) is 4.79 Å². The van der Waals surface area contributed by atoms with Gasteiger partial charge in [0.15, 0.2) is 0 Å². The van der Waals surface area contributed by atoms with Crippen molar-refractivity contribution in [2.45, 2.75) is 6.54 Å². The van der Waals surface area contributed by atoms with Gasteiger partial charge in [0, 0.05) is 15.4 Å². The second-order valence-electron chi connectivity index (χ2n) is 6.65. The maximum atomic E-state index is 13.3. The van der Waals surface area contributed by atoms with Crippen molar-refractivity contribution in [3.05, 3.63) is 98.8 Å². The third kappa shape index (κ3) is 2.97. The summed E-state index contributed by atoms with van der Waals surface area (Å²) in [5, 5.41) is 5.04. The fourth-order valence-electron chi connectivity index (χ4n) is 3.54. The lowest BCUT2D eigenvalue weighted by Crippen LogP contribution is -2.21. The minimum atomic E-state index is -0.00268. The average molecular weight is 447 g/mol. The Bertz CT molecular complexity index is 1360. The third-order valence-electron chi connectivity index (χ3n) is 4.94. The van der Waals surface area contributed by atoms with Gasteiger partial charge < -0.3 is 0 Å². The Morgan fingerprint density at radius 2 is 1.75 bits per heavy atom. The average Bonchev–Trinajstić information content (AvgIpc) is 3.16. The van der Waals surface area contributed by atoms with Crippen LogP contribution in [0.25, 0.3) is 32.1 Å². The van der Waals surface area contributed by atoms with Crippen LogP contribution in [0, 0.1) is 0 Å². The van der Waals surface area contributed by atoms with Crippen LogP contribution in [0.1, 0.15) is 5.56 Å². The van der Waals surface area contributed by atoms with Crippen LogP contribution in [0.5, 0.6) is 0 Å². The molecule has 136 valence electrons. The standard InChI is InChI=1S/C23H15BrN2OS/c24-18-10-8-16(9-11-18)20-13-28-22-21(20)23(27)26(14-25-22)12-17-6-3-5-15-4-1-2-7-19(15)17/h1-11,13-14H,12H2. The zero-order valence-electron chi connectivity index (χ0n) is 14.8. The van der Waals surface area contributed by atoms with Crippen molar-refractivity contribution < 1.29 is 0 Å². The van der Waals surface area contributed by atoms with Crippen molar-refractivity contribution in [1.82, 2.24) is 9.55 Å². The summed E-state index contributed by atoms with van der Waals surface area (Å²) >= 11 is 4.97. The molecule has 5 heteroatoms. The summed E-state index contributed by atoms with van der Waals surface area (Å²) in [7, 11) is 0. The number of fused-ring (bicyclic) bond motifs is 2. The number of rotatable bonds is 3. The SMILES string of the molecule is O=c1c2c(-c3ccc(Br)cc3)csc2ncn1Cc1cccc2ccccc12. The van der Waals surface area contributed by atoms with E-state index in [1.165, 1.54) is 16.7 Å². The van der Waals surface area contributed by atoms with E-state index in [-0.39, 0.29) is 5.56 Å². The van der Waals surface area contributed by atoms with E-state index < -0.39 is 0 Å². The highest BCUT2D eigenvalue weighted by Gasteiger charge is 2.14. The molecule has 3 aromatic carbocycles. The summed E-state index contributed by atoms with van der Waals surface area (Å²) in [6.07, 6.45) is 1.66. The van der Waals surface area contributed by atoms with Gasteiger partial charge in [0.25, 0.3) is 5.56 Å². The largest absolute Gasteiger partial charge is 0.294 e. The molecule has 0 N–H and O–H groups in total. The van der Waals surface area contributed by atoms with Crippen LogP contribution in [0.3, 0.4) is 0 Å². The van der Waals surface area contributed by atoms with Gasteiger partial charge in [0.05, 0.1) is 18.3 Å². The number of halogens is 1. The van der Waals surface area contributed by atoms with Gasteiger partial charge in [0.1, 0.15) is 4.83 Å². The molecule has 0 amide bonds. The van der Waals surface area contributed by atoms with Crippen molar-refractivity contribution in [2.24, 2.45) is 0 Å². The lowest BCUT2D eigenvalue weighted by atomic mass is 10.0. The Balaban J connectivity index is 1.65. The Kier molecular flexibility index (Phi) is 4.34. The molecule has 0 unspecified atom stereocenters. The molecule has 0 saturated heterocycles. The molecule has 0 fully saturated rings. The number of aromatic nitrogens is 2. The van der Waals surface area contributed by atoms with E-state index in [0.29, 0.717) is 11.9 Å². The van der Waals surface area contributed by atoms with Crippen LogP contribution in [-0.4, -0.2) is 9.55 Å². The first-order valence-electron chi connectivity index (χ1n) is 8.90. The molecule has 0 aliphatic heterocycles. The van der Waals surface area contributed by atoms with Crippen molar-refractivity contribution in [3.63, 3.8) is 0 Å². The molecule has 0 radical (unpaired) electrons. The van der Waals surface area contributed by atoms with Crippen LogP contribution < -0.4 is 5.56 Å². The van der Waals surface area contributed by atoms with Crippen molar-refractivity contribution >= 4 is 48.3 Å². The molecule has 0 aliphatic rings. The van der Waals surface area contributed by atoms with Gasteiger partial charge in [-0.1, -0.05) is 70.5 Å². The molecular formula is C23H15BrN2OS. The highest BCUT2D eigenvalue weighted by Crippen LogP contribution is 2.31. The Labute approximate surface area is 174 Å². The Morgan fingerprint density at radius 3 is 2.61 bits per heavy atom. The van der Waals surface area contributed by atoms with Crippen molar-refractivity contribution in [2.75, 3.05) is 0 Å². The summed E-state index contributed by atoms with van der Waals surface area (Å²) in [5.74, 6) is 0. The second-order valence-corrected chi connectivity index (χ2v) is 8.43. The molecular weight excluding hydrogens is 432 g/mol. The Hall–Kier alpha value is -2.76. The molecule has 0 aliphatic carbocycles. The van der Waals surface area contributed by atoms with Crippen LogP contribution in [0.15, 0.2) is 87.7 Å². The first-order chi connectivity index (χ1) is 13.7. The van der Waals surface area contributed by atoms with Gasteiger partial charge >= 0.3 is 0 Å². The minimum Gasteiger partial charge on any atom is -0.294 e. The van der Waals surface area contributed by atoms with Crippen LogP contribution >= 0.6 is 27.3 Å². The number of hydrogen-bond donors (Lipinski definition) is 0. The monoisotopic (exact) mass is 446 g/mol. The molecule has 5 aromatic rings. The van der Waals surface area contributed by atoms with Gasteiger partial charge in [-0.3, -0.25) is 9.36 Å². The lowest BCUT2D eigenvalue weighted by Gasteiger charge is -2.09. The summed E-state index contributed by atoms with van der Waals surface area (Å²) in [4.78, 5) is 18.6. The summed E-state index contributed by atoms with van der Waals surface area (Å²) in [6.45, 7) is 0.499. The first-order valence-corrected chi connectivity index (χ1v) is 10.6. The maximum Gasteiger partial charge on any atom is 0.263 e. The van der Waals surface area contributed by atoms with E-state index in [1.54, 1.807) is 10.9 Å². The van der Waals surface area contributed by atoms with Gasteiger partial charge in [0.2, 0.25) is 0 Å². The van der Waals surface area contributed by atoms with Gasteiger partial charge in [-0.25, -0.2) is 4.98 Å². The van der Waals surface area contributed by atoms with Gasteiger partial charge in [-0.05, 0) is 34.0 Å². The maximum absolute atomic E-state index is 13.3. The van der Waals surface area contributed by atoms with Crippen LogP contribution in [0.2, 0.25) is 0 Å². The third-order valence-corrected chi connectivity index (χ3v) is 6.35. The molecule has 3 nitrogen and oxygen atoms in total. The summed E-state index contributed by atoms with van der Waals surface area (Å²) in [5.41, 5.74) is 3.08. The van der Waals surface area contributed by atoms with Crippen molar-refractivity contribution in [1.29, 1.82) is 0 Å². The molecule has 0 atom stereocenters.